The van der Waals surface area contributed by atoms with E-state index in [0.29, 0.717) is 6.54 Å². The van der Waals surface area contributed by atoms with Crippen LogP contribution in [-0.4, -0.2) is 23.0 Å². The molecule has 1 aliphatic carbocycles. The lowest BCUT2D eigenvalue weighted by Gasteiger charge is -2.08. The van der Waals surface area contributed by atoms with Crippen molar-refractivity contribution in [1.82, 2.24) is 10.3 Å². The standard InChI is InChI=1S/C10H15N3OS/c1-7-13-8(6-15-7)2-5-12-9(14)10(11)3-4-10/h6H,2-5,11H2,1H3,(H,12,14). The minimum absolute atomic E-state index is 0.0190. The summed E-state index contributed by atoms with van der Waals surface area (Å²) in [5.41, 5.74) is 6.23. The zero-order chi connectivity index (χ0) is 10.9. The van der Waals surface area contributed by atoms with Gasteiger partial charge in [-0.2, -0.15) is 0 Å². The molecular formula is C10H15N3OS. The zero-order valence-corrected chi connectivity index (χ0v) is 9.56. The van der Waals surface area contributed by atoms with Crippen molar-refractivity contribution in [3.63, 3.8) is 0 Å². The quantitative estimate of drug-likeness (QED) is 0.788. The SMILES string of the molecule is Cc1nc(CCNC(=O)C2(N)CC2)cs1. The number of thiazole rings is 1. The number of hydrogen-bond acceptors (Lipinski definition) is 4. The molecule has 0 unspecified atom stereocenters. The van der Waals surface area contributed by atoms with Crippen molar-refractivity contribution >= 4 is 17.2 Å². The molecule has 82 valence electrons. The van der Waals surface area contributed by atoms with Gasteiger partial charge in [-0.25, -0.2) is 4.98 Å². The van der Waals surface area contributed by atoms with Crippen LogP contribution in [0.1, 0.15) is 23.5 Å². The highest BCUT2D eigenvalue weighted by atomic mass is 32.1. The zero-order valence-electron chi connectivity index (χ0n) is 8.75. The molecule has 0 atom stereocenters. The topological polar surface area (TPSA) is 68.0 Å². The number of carbonyl (C=O) groups excluding carboxylic acids is 1. The van der Waals surface area contributed by atoms with Crippen molar-refractivity contribution < 1.29 is 4.79 Å². The first-order valence-electron chi connectivity index (χ1n) is 5.08. The molecule has 5 heteroatoms. The highest BCUT2D eigenvalue weighted by Crippen LogP contribution is 2.31. The smallest absolute Gasteiger partial charge is 0.240 e. The summed E-state index contributed by atoms with van der Waals surface area (Å²) in [6.45, 7) is 2.60. The summed E-state index contributed by atoms with van der Waals surface area (Å²) in [4.78, 5) is 15.8. The Morgan fingerprint density at radius 3 is 3.00 bits per heavy atom. The van der Waals surface area contributed by atoms with E-state index in [0.717, 1.165) is 30.0 Å². The number of amides is 1. The maximum absolute atomic E-state index is 11.5. The van der Waals surface area contributed by atoms with Crippen LogP contribution in [0.5, 0.6) is 0 Å². The molecule has 1 fully saturated rings. The van der Waals surface area contributed by atoms with E-state index in [1.54, 1.807) is 11.3 Å². The summed E-state index contributed by atoms with van der Waals surface area (Å²) >= 11 is 1.63. The van der Waals surface area contributed by atoms with Gasteiger partial charge in [0.15, 0.2) is 0 Å². The Balaban J connectivity index is 1.73. The number of nitrogens with one attached hydrogen (secondary N) is 1. The monoisotopic (exact) mass is 225 g/mol. The van der Waals surface area contributed by atoms with Gasteiger partial charge in [-0.15, -0.1) is 11.3 Å². The Bertz CT molecular complexity index is 370. The van der Waals surface area contributed by atoms with Gasteiger partial charge in [-0.3, -0.25) is 4.79 Å². The minimum atomic E-state index is -0.558. The van der Waals surface area contributed by atoms with Crippen LogP contribution in [0.3, 0.4) is 0 Å². The fourth-order valence-corrected chi connectivity index (χ4v) is 2.01. The lowest BCUT2D eigenvalue weighted by molar-refractivity contribution is -0.123. The molecule has 1 aromatic rings. The largest absolute Gasteiger partial charge is 0.354 e. The van der Waals surface area contributed by atoms with Gasteiger partial charge in [0.2, 0.25) is 5.91 Å². The molecule has 15 heavy (non-hydrogen) atoms. The van der Waals surface area contributed by atoms with E-state index >= 15 is 0 Å². The maximum Gasteiger partial charge on any atom is 0.240 e. The van der Waals surface area contributed by atoms with E-state index < -0.39 is 5.54 Å². The molecule has 0 spiro atoms. The molecule has 1 heterocycles. The summed E-state index contributed by atoms with van der Waals surface area (Å²) in [6, 6.07) is 0. The van der Waals surface area contributed by atoms with Crippen LogP contribution in [-0.2, 0) is 11.2 Å². The van der Waals surface area contributed by atoms with Gasteiger partial charge in [-0.1, -0.05) is 0 Å². The minimum Gasteiger partial charge on any atom is -0.354 e. The predicted molar refractivity (Wildman–Crippen MR) is 59.7 cm³/mol. The predicted octanol–water partition coefficient (Wildman–Crippen LogP) is 0.602. The summed E-state index contributed by atoms with van der Waals surface area (Å²) in [6.07, 6.45) is 2.41. The van der Waals surface area contributed by atoms with E-state index in [2.05, 4.69) is 10.3 Å². The molecular weight excluding hydrogens is 210 g/mol. The molecule has 1 aliphatic rings. The van der Waals surface area contributed by atoms with Crippen molar-refractivity contribution in [3.8, 4) is 0 Å². The normalized spacial score (nSPS) is 17.5. The number of aryl methyl sites for hydroxylation is 1. The van der Waals surface area contributed by atoms with Gasteiger partial charge < -0.3 is 11.1 Å². The van der Waals surface area contributed by atoms with Crippen LogP contribution >= 0.6 is 11.3 Å². The number of hydrogen-bond donors (Lipinski definition) is 2. The Hall–Kier alpha value is -0.940. The Kier molecular flexibility index (Phi) is 2.75. The van der Waals surface area contributed by atoms with E-state index in [9.17, 15) is 4.79 Å². The first-order chi connectivity index (χ1) is 7.10. The molecule has 0 aliphatic heterocycles. The maximum atomic E-state index is 11.5. The van der Waals surface area contributed by atoms with Crippen LogP contribution in [0, 0.1) is 6.92 Å². The molecule has 1 aromatic heterocycles. The highest BCUT2D eigenvalue weighted by molar-refractivity contribution is 7.09. The number of carbonyl (C=O) groups is 1. The number of nitrogens with zero attached hydrogens (tertiary/aromatic N) is 1. The van der Waals surface area contributed by atoms with E-state index in [4.69, 9.17) is 5.73 Å². The third kappa shape index (κ3) is 2.54. The molecule has 1 amide bonds. The Labute approximate surface area is 92.9 Å². The van der Waals surface area contributed by atoms with Gasteiger partial charge in [0.1, 0.15) is 0 Å². The van der Waals surface area contributed by atoms with Crippen LogP contribution in [0.15, 0.2) is 5.38 Å². The summed E-state index contributed by atoms with van der Waals surface area (Å²) in [5, 5.41) is 5.93. The van der Waals surface area contributed by atoms with Crippen molar-refractivity contribution in [2.75, 3.05) is 6.54 Å². The average Bonchev–Trinajstić information content (AvgIpc) is 2.81. The lowest BCUT2D eigenvalue weighted by atomic mass is 10.2. The third-order valence-electron chi connectivity index (χ3n) is 2.57. The molecule has 0 saturated heterocycles. The molecule has 0 bridgehead atoms. The van der Waals surface area contributed by atoms with Crippen LogP contribution in [0.4, 0.5) is 0 Å². The lowest BCUT2D eigenvalue weighted by Crippen LogP contribution is -2.43. The fourth-order valence-electron chi connectivity index (χ4n) is 1.36. The van der Waals surface area contributed by atoms with Crippen molar-refractivity contribution in [2.24, 2.45) is 5.73 Å². The molecule has 3 N–H and O–H groups in total. The summed E-state index contributed by atoms with van der Waals surface area (Å²) in [5.74, 6) is -0.0190. The van der Waals surface area contributed by atoms with Gasteiger partial charge in [0.05, 0.1) is 16.2 Å². The first kappa shape index (κ1) is 10.6. The average molecular weight is 225 g/mol. The van der Waals surface area contributed by atoms with E-state index in [1.807, 2.05) is 12.3 Å². The van der Waals surface area contributed by atoms with Gasteiger partial charge in [-0.05, 0) is 19.8 Å². The van der Waals surface area contributed by atoms with E-state index in [-0.39, 0.29) is 5.91 Å². The Morgan fingerprint density at radius 2 is 2.47 bits per heavy atom. The molecule has 4 nitrogen and oxygen atoms in total. The van der Waals surface area contributed by atoms with Gasteiger partial charge >= 0.3 is 0 Å². The van der Waals surface area contributed by atoms with Crippen molar-refractivity contribution in [3.05, 3.63) is 16.1 Å². The summed E-state index contributed by atoms with van der Waals surface area (Å²) < 4.78 is 0. The van der Waals surface area contributed by atoms with Gasteiger partial charge in [0.25, 0.3) is 0 Å². The second-order valence-electron chi connectivity index (χ2n) is 4.02. The van der Waals surface area contributed by atoms with Crippen LogP contribution < -0.4 is 11.1 Å². The molecule has 0 aromatic carbocycles. The van der Waals surface area contributed by atoms with Crippen molar-refractivity contribution in [2.45, 2.75) is 31.7 Å². The van der Waals surface area contributed by atoms with Crippen molar-refractivity contribution in [1.29, 1.82) is 0 Å². The third-order valence-corrected chi connectivity index (χ3v) is 3.40. The highest BCUT2D eigenvalue weighted by Gasteiger charge is 2.45. The second kappa shape index (κ2) is 3.90. The Morgan fingerprint density at radius 1 is 1.73 bits per heavy atom. The van der Waals surface area contributed by atoms with Gasteiger partial charge in [0, 0.05) is 18.3 Å². The number of aromatic nitrogens is 1. The number of rotatable bonds is 4. The molecule has 2 rings (SSSR count). The summed E-state index contributed by atoms with van der Waals surface area (Å²) in [7, 11) is 0. The number of nitrogens with two attached hydrogens (primary N) is 1. The second-order valence-corrected chi connectivity index (χ2v) is 5.08. The van der Waals surface area contributed by atoms with Crippen LogP contribution in [0.2, 0.25) is 0 Å². The van der Waals surface area contributed by atoms with E-state index in [1.165, 1.54) is 0 Å². The molecule has 1 saturated carbocycles. The first-order valence-corrected chi connectivity index (χ1v) is 5.96. The fraction of sp³-hybridized carbons (Fsp3) is 0.600. The molecule has 0 radical (unpaired) electrons. The van der Waals surface area contributed by atoms with Crippen LogP contribution in [0.25, 0.3) is 0 Å².